The fourth-order valence-electron chi connectivity index (χ4n) is 3.09. The van der Waals surface area contributed by atoms with Gasteiger partial charge in [0.25, 0.3) is 0 Å². The number of carboxylic acid groups (broad SMARTS) is 1. The van der Waals surface area contributed by atoms with Crippen LogP contribution in [-0.2, 0) is 4.79 Å². The van der Waals surface area contributed by atoms with E-state index in [1.54, 1.807) is 0 Å². The van der Waals surface area contributed by atoms with Gasteiger partial charge in [0.05, 0.1) is 11.0 Å². The third-order valence-corrected chi connectivity index (χ3v) is 4.57. The molecule has 1 aromatic rings. The maximum absolute atomic E-state index is 11.7. The lowest BCUT2D eigenvalue weighted by Gasteiger charge is -2.29. The summed E-state index contributed by atoms with van der Waals surface area (Å²) < 4.78 is 0. The maximum atomic E-state index is 11.7. The van der Waals surface area contributed by atoms with E-state index < -0.39 is 11.4 Å². The zero-order valence-electron chi connectivity index (χ0n) is 13.0. The number of rotatable bonds is 3. The van der Waals surface area contributed by atoms with Crippen molar-refractivity contribution < 1.29 is 9.90 Å². The summed E-state index contributed by atoms with van der Waals surface area (Å²) >= 11 is 0. The standard InChI is InChI=1S/C16H21N3O2/c1-10(2)16(15(20)21)5-6-19(9-16)14-13(8-17)11(3)7-12(4)18-14/h7,10H,5-6,9H2,1-4H3,(H,20,21). The number of nitriles is 1. The van der Waals surface area contributed by atoms with E-state index in [1.807, 2.05) is 38.7 Å². The number of aliphatic carboxylic acids is 1. The van der Waals surface area contributed by atoms with Crippen LogP contribution in [-0.4, -0.2) is 29.1 Å². The summed E-state index contributed by atoms with van der Waals surface area (Å²) in [5.74, 6) is -0.0990. The predicted molar refractivity (Wildman–Crippen MR) is 80.2 cm³/mol. The molecule has 0 aromatic carbocycles. The monoisotopic (exact) mass is 287 g/mol. The van der Waals surface area contributed by atoms with Crippen LogP contribution < -0.4 is 4.90 Å². The van der Waals surface area contributed by atoms with Crippen LogP contribution in [0.5, 0.6) is 0 Å². The molecular weight excluding hydrogens is 266 g/mol. The minimum atomic E-state index is -0.761. The van der Waals surface area contributed by atoms with Gasteiger partial charge in [-0.2, -0.15) is 5.26 Å². The summed E-state index contributed by atoms with van der Waals surface area (Å²) in [7, 11) is 0. The summed E-state index contributed by atoms with van der Waals surface area (Å²) in [6, 6.07) is 4.08. The Balaban J connectivity index is 2.43. The average molecular weight is 287 g/mol. The Morgan fingerprint density at radius 2 is 2.19 bits per heavy atom. The number of nitrogens with zero attached hydrogens (tertiary/aromatic N) is 3. The van der Waals surface area contributed by atoms with Gasteiger partial charge in [0.1, 0.15) is 11.9 Å². The Kier molecular flexibility index (Phi) is 3.91. The Hall–Kier alpha value is -2.09. The van der Waals surface area contributed by atoms with Gasteiger partial charge < -0.3 is 10.0 Å². The van der Waals surface area contributed by atoms with E-state index in [-0.39, 0.29) is 5.92 Å². The van der Waals surface area contributed by atoms with E-state index in [9.17, 15) is 15.2 Å². The molecule has 2 rings (SSSR count). The molecule has 1 aromatic heterocycles. The first-order chi connectivity index (χ1) is 9.81. The molecule has 112 valence electrons. The van der Waals surface area contributed by atoms with Crippen LogP contribution in [0.3, 0.4) is 0 Å². The third-order valence-electron chi connectivity index (χ3n) is 4.57. The molecule has 0 bridgehead atoms. The minimum Gasteiger partial charge on any atom is -0.481 e. The molecule has 0 amide bonds. The number of aromatic nitrogens is 1. The second kappa shape index (κ2) is 5.36. The number of pyridine rings is 1. The lowest BCUT2D eigenvalue weighted by Crippen LogP contribution is -2.39. The van der Waals surface area contributed by atoms with Crippen molar-refractivity contribution in [3.8, 4) is 6.07 Å². The summed E-state index contributed by atoms with van der Waals surface area (Å²) in [5.41, 5.74) is 1.52. The number of hydrogen-bond acceptors (Lipinski definition) is 4. The number of hydrogen-bond donors (Lipinski definition) is 1. The maximum Gasteiger partial charge on any atom is 0.311 e. The van der Waals surface area contributed by atoms with Crippen LogP contribution in [0.2, 0.25) is 0 Å². The molecule has 1 aliphatic heterocycles. The summed E-state index contributed by atoms with van der Waals surface area (Å²) in [6.07, 6.45) is 0.583. The van der Waals surface area contributed by atoms with Crippen LogP contribution in [0.4, 0.5) is 5.82 Å². The Labute approximate surface area is 125 Å². The fourth-order valence-corrected chi connectivity index (χ4v) is 3.09. The molecule has 1 saturated heterocycles. The molecule has 5 heteroatoms. The van der Waals surface area contributed by atoms with Gasteiger partial charge in [0, 0.05) is 18.8 Å². The molecule has 21 heavy (non-hydrogen) atoms. The predicted octanol–water partition coefficient (Wildman–Crippen LogP) is 2.51. The van der Waals surface area contributed by atoms with Gasteiger partial charge in [-0.1, -0.05) is 13.8 Å². The molecule has 1 aliphatic rings. The van der Waals surface area contributed by atoms with Crippen molar-refractivity contribution in [2.24, 2.45) is 11.3 Å². The first kappa shape index (κ1) is 15.3. The summed E-state index contributed by atoms with van der Waals surface area (Å²) in [6.45, 7) is 8.69. The lowest BCUT2D eigenvalue weighted by atomic mass is 9.76. The molecule has 2 heterocycles. The van der Waals surface area contributed by atoms with Gasteiger partial charge in [-0.05, 0) is 37.8 Å². The van der Waals surface area contributed by atoms with E-state index in [2.05, 4.69) is 11.1 Å². The number of aryl methyl sites for hydroxylation is 2. The molecule has 0 saturated carbocycles. The molecule has 5 nitrogen and oxygen atoms in total. The van der Waals surface area contributed by atoms with Crippen LogP contribution in [0.1, 0.15) is 37.1 Å². The third kappa shape index (κ3) is 2.46. The molecule has 0 spiro atoms. The minimum absolute atomic E-state index is 0.0384. The zero-order valence-corrected chi connectivity index (χ0v) is 13.0. The highest BCUT2D eigenvalue weighted by molar-refractivity contribution is 5.77. The van der Waals surface area contributed by atoms with Crippen LogP contribution in [0.25, 0.3) is 0 Å². The second-order valence-electron chi connectivity index (χ2n) is 6.18. The molecular formula is C16H21N3O2. The van der Waals surface area contributed by atoms with E-state index in [1.165, 1.54) is 0 Å². The first-order valence-electron chi connectivity index (χ1n) is 7.18. The molecule has 0 aliphatic carbocycles. The summed E-state index contributed by atoms with van der Waals surface area (Å²) in [5, 5.41) is 19.0. The first-order valence-corrected chi connectivity index (χ1v) is 7.18. The SMILES string of the molecule is Cc1cc(C)c(C#N)c(N2CCC(C(=O)O)(C(C)C)C2)n1. The number of anilines is 1. The van der Waals surface area contributed by atoms with Gasteiger partial charge in [0.2, 0.25) is 0 Å². The van der Waals surface area contributed by atoms with Crippen molar-refractivity contribution in [1.29, 1.82) is 5.26 Å². The van der Waals surface area contributed by atoms with Crippen molar-refractivity contribution >= 4 is 11.8 Å². The lowest BCUT2D eigenvalue weighted by molar-refractivity contribution is -0.150. The van der Waals surface area contributed by atoms with Crippen LogP contribution in [0.15, 0.2) is 6.07 Å². The van der Waals surface area contributed by atoms with Gasteiger partial charge in [-0.25, -0.2) is 4.98 Å². The molecule has 1 N–H and O–H groups in total. The average Bonchev–Trinajstić information content (AvgIpc) is 2.84. The van der Waals surface area contributed by atoms with Crippen molar-refractivity contribution in [2.75, 3.05) is 18.0 Å². The number of carboxylic acids is 1. The highest BCUT2D eigenvalue weighted by Gasteiger charge is 2.48. The van der Waals surface area contributed by atoms with Gasteiger partial charge in [0.15, 0.2) is 0 Å². The fraction of sp³-hybridized carbons (Fsp3) is 0.562. The highest BCUT2D eigenvalue weighted by atomic mass is 16.4. The number of carbonyl (C=O) groups is 1. The smallest absolute Gasteiger partial charge is 0.311 e. The van der Waals surface area contributed by atoms with Gasteiger partial charge >= 0.3 is 5.97 Å². The molecule has 1 fully saturated rings. The zero-order chi connectivity index (χ0) is 15.8. The van der Waals surface area contributed by atoms with E-state index in [4.69, 9.17) is 0 Å². The van der Waals surface area contributed by atoms with Crippen LogP contribution >= 0.6 is 0 Å². The Morgan fingerprint density at radius 3 is 2.67 bits per heavy atom. The van der Waals surface area contributed by atoms with Gasteiger partial charge in [-0.15, -0.1) is 0 Å². The van der Waals surface area contributed by atoms with E-state index >= 15 is 0 Å². The molecule has 1 unspecified atom stereocenters. The van der Waals surface area contributed by atoms with Gasteiger partial charge in [-0.3, -0.25) is 4.79 Å². The van der Waals surface area contributed by atoms with E-state index in [0.29, 0.717) is 30.9 Å². The van der Waals surface area contributed by atoms with Crippen LogP contribution in [0, 0.1) is 36.5 Å². The Bertz CT molecular complexity index is 619. The quantitative estimate of drug-likeness (QED) is 0.924. The topological polar surface area (TPSA) is 77.2 Å². The molecule has 0 radical (unpaired) electrons. The normalized spacial score (nSPS) is 21.6. The Morgan fingerprint density at radius 1 is 1.52 bits per heavy atom. The van der Waals surface area contributed by atoms with Crippen molar-refractivity contribution in [1.82, 2.24) is 4.98 Å². The van der Waals surface area contributed by atoms with Crippen molar-refractivity contribution in [3.05, 3.63) is 22.9 Å². The van der Waals surface area contributed by atoms with E-state index in [0.717, 1.165) is 11.3 Å². The second-order valence-corrected chi connectivity index (χ2v) is 6.18. The summed E-state index contributed by atoms with van der Waals surface area (Å²) in [4.78, 5) is 18.2. The molecule has 1 atom stereocenters. The van der Waals surface area contributed by atoms with Crippen molar-refractivity contribution in [2.45, 2.75) is 34.1 Å². The largest absolute Gasteiger partial charge is 0.481 e. The highest BCUT2D eigenvalue weighted by Crippen LogP contribution is 2.40. The van der Waals surface area contributed by atoms with Crippen molar-refractivity contribution in [3.63, 3.8) is 0 Å².